The highest BCUT2D eigenvalue weighted by Crippen LogP contribution is 2.32. The van der Waals surface area contributed by atoms with E-state index in [4.69, 9.17) is 36.1 Å². The number of ether oxygens (including phenoxy) is 4. The van der Waals surface area contributed by atoms with Crippen molar-refractivity contribution in [2.45, 2.75) is 111 Å². The summed E-state index contributed by atoms with van der Waals surface area (Å²) < 4.78 is 22.8. The molecule has 0 aromatic carbocycles. The van der Waals surface area contributed by atoms with E-state index in [1.165, 1.54) is 13.8 Å². The second-order valence-electron chi connectivity index (χ2n) is 9.82. The lowest BCUT2D eigenvalue weighted by Crippen LogP contribution is -2.69. The fraction of sp³-hybridized carbons (Fsp3) is 1.00. The van der Waals surface area contributed by atoms with E-state index < -0.39 is 91.2 Å². The molecule has 14 heteroatoms. The maximum absolute atomic E-state index is 11.1. The summed E-state index contributed by atoms with van der Waals surface area (Å²) in [6.45, 7) is 2.75. The minimum Gasteiger partial charge on any atom is -0.391 e. The van der Waals surface area contributed by atoms with Crippen molar-refractivity contribution in [1.29, 1.82) is 0 Å². The first kappa shape index (κ1) is 28.0. The van der Waals surface area contributed by atoms with Crippen LogP contribution in [0, 0.1) is 0 Å². The van der Waals surface area contributed by atoms with E-state index in [0.717, 1.165) is 0 Å². The van der Waals surface area contributed by atoms with Gasteiger partial charge in [-0.25, -0.2) is 0 Å². The van der Waals surface area contributed by atoms with Gasteiger partial charge in [0.2, 0.25) is 0 Å². The Hall–Kier alpha value is -0.560. The lowest BCUT2D eigenvalue weighted by Gasteiger charge is -2.49. The first-order chi connectivity index (χ1) is 15.8. The van der Waals surface area contributed by atoms with Crippen molar-refractivity contribution in [3.05, 3.63) is 0 Å². The van der Waals surface area contributed by atoms with E-state index in [9.17, 15) is 30.6 Å². The number of hydrogen-bond acceptors (Lipinski definition) is 14. The van der Waals surface area contributed by atoms with E-state index in [0.29, 0.717) is 0 Å². The van der Waals surface area contributed by atoms with E-state index in [1.807, 2.05) is 0 Å². The Morgan fingerprint density at radius 1 is 0.941 bits per heavy atom. The van der Waals surface area contributed by atoms with Crippen molar-refractivity contribution in [2.24, 2.45) is 17.2 Å². The monoisotopic (exact) mass is 496 g/mol. The molecule has 2 saturated heterocycles. The number of aliphatic hydroxyl groups excluding tert-OH is 5. The van der Waals surface area contributed by atoms with Crippen LogP contribution in [0.15, 0.2) is 0 Å². The summed E-state index contributed by atoms with van der Waals surface area (Å²) in [4.78, 5) is 0. The third-order valence-corrected chi connectivity index (χ3v) is 6.95. The molecule has 1 saturated carbocycles. The van der Waals surface area contributed by atoms with E-state index in [1.54, 1.807) is 7.05 Å². The summed E-state index contributed by atoms with van der Waals surface area (Å²) in [5.41, 5.74) is 17.0. The number of nitrogens with two attached hydrogens (primary N) is 3. The molecule has 0 amide bonds. The zero-order valence-corrected chi connectivity index (χ0v) is 19.5. The number of aliphatic hydroxyl groups is 6. The van der Waals surface area contributed by atoms with Crippen LogP contribution in [0.2, 0.25) is 0 Å². The molecule has 3 aliphatic rings. The van der Waals surface area contributed by atoms with Crippen molar-refractivity contribution in [3.63, 3.8) is 0 Å². The number of nitrogens with one attached hydrogen (secondary N) is 1. The molecule has 34 heavy (non-hydrogen) atoms. The van der Waals surface area contributed by atoms with Crippen LogP contribution in [-0.4, -0.2) is 135 Å². The number of hydrogen-bond donors (Lipinski definition) is 10. The standard InChI is InChI=1S/C20H40N4O10/c1-6(25)14-11(27)10(26)9(23)18(32-14)33-15-7(21)4-8(22)16(12(15)28)34-19-13(29)17(24-3)20(2,30)5-31-19/h6-19,24-30H,4-5,21-23H2,1-3H3/t6-,7-,8+,9-,10-,11+,12-,13+,14-,15-,16-,17+,18-,19+,20-/m1/s1. The van der Waals surface area contributed by atoms with Gasteiger partial charge < -0.3 is 72.1 Å². The van der Waals surface area contributed by atoms with Crippen molar-refractivity contribution >= 4 is 0 Å². The zero-order valence-electron chi connectivity index (χ0n) is 19.5. The van der Waals surface area contributed by atoms with Gasteiger partial charge in [-0.2, -0.15) is 0 Å². The second-order valence-corrected chi connectivity index (χ2v) is 9.82. The Labute approximate surface area is 197 Å². The predicted molar refractivity (Wildman–Crippen MR) is 116 cm³/mol. The van der Waals surface area contributed by atoms with Crippen molar-refractivity contribution in [2.75, 3.05) is 13.7 Å². The van der Waals surface area contributed by atoms with Gasteiger partial charge in [0.15, 0.2) is 12.6 Å². The van der Waals surface area contributed by atoms with Crippen LogP contribution in [0.5, 0.6) is 0 Å². The summed E-state index contributed by atoms with van der Waals surface area (Å²) in [5, 5.41) is 65.2. The molecular weight excluding hydrogens is 456 g/mol. The van der Waals surface area contributed by atoms with Crippen LogP contribution in [-0.2, 0) is 18.9 Å². The van der Waals surface area contributed by atoms with Crippen LogP contribution >= 0.6 is 0 Å². The molecule has 0 aromatic rings. The molecule has 0 radical (unpaired) electrons. The van der Waals surface area contributed by atoms with Gasteiger partial charge in [0.25, 0.3) is 0 Å². The van der Waals surface area contributed by atoms with E-state index in [2.05, 4.69) is 5.32 Å². The number of likely N-dealkylation sites (N-methyl/N-ethyl adjacent to an activating group) is 1. The Balaban J connectivity index is 1.73. The highest BCUT2D eigenvalue weighted by Gasteiger charge is 2.52. The average molecular weight is 497 g/mol. The topological polar surface area (TPSA) is 248 Å². The van der Waals surface area contributed by atoms with Crippen LogP contribution < -0.4 is 22.5 Å². The largest absolute Gasteiger partial charge is 0.391 e. The van der Waals surface area contributed by atoms with Crippen molar-refractivity contribution in [1.82, 2.24) is 5.32 Å². The van der Waals surface area contributed by atoms with Crippen molar-refractivity contribution < 1.29 is 49.6 Å². The minimum atomic E-state index is -1.46. The lowest BCUT2D eigenvalue weighted by molar-refractivity contribution is -0.319. The van der Waals surface area contributed by atoms with Gasteiger partial charge in [0.1, 0.15) is 48.3 Å². The Bertz CT molecular complexity index is 675. The molecule has 0 unspecified atom stereocenters. The van der Waals surface area contributed by atoms with Crippen LogP contribution in [0.1, 0.15) is 20.3 Å². The molecule has 0 aromatic heterocycles. The SMILES string of the molecule is CN[C@H]1[C@H](O)[C@H](O[C@H]2[C@H](O)[C@H](O[C@H]3O[C@H]([C@@H](C)O)[C@@H](O)[C@H](O)[C@H]3N)[C@H](N)C[C@@H]2N)OC[C@@]1(C)O. The maximum atomic E-state index is 11.1. The van der Waals surface area contributed by atoms with Crippen molar-refractivity contribution in [3.8, 4) is 0 Å². The van der Waals surface area contributed by atoms with Gasteiger partial charge in [0.05, 0.1) is 24.8 Å². The summed E-state index contributed by atoms with van der Waals surface area (Å²) in [6.07, 6.45) is -12.4. The molecule has 15 atom stereocenters. The Morgan fingerprint density at radius 2 is 1.50 bits per heavy atom. The van der Waals surface area contributed by atoms with E-state index >= 15 is 0 Å². The normalized spacial score (nSPS) is 53.5. The molecule has 13 N–H and O–H groups in total. The predicted octanol–water partition coefficient (Wildman–Crippen LogP) is -5.61. The minimum absolute atomic E-state index is 0.135. The Kier molecular flexibility index (Phi) is 8.92. The average Bonchev–Trinajstić information content (AvgIpc) is 2.75. The highest BCUT2D eigenvalue weighted by atomic mass is 16.7. The van der Waals surface area contributed by atoms with Gasteiger partial charge >= 0.3 is 0 Å². The summed E-state index contributed by atoms with van der Waals surface area (Å²) in [6, 6.07) is -3.47. The summed E-state index contributed by atoms with van der Waals surface area (Å²) >= 11 is 0. The molecule has 1 aliphatic carbocycles. The highest BCUT2D eigenvalue weighted by molar-refractivity contribution is 5.02. The first-order valence-electron chi connectivity index (χ1n) is 11.4. The molecule has 3 rings (SSSR count). The van der Waals surface area contributed by atoms with Crippen LogP contribution in [0.25, 0.3) is 0 Å². The smallest absolute Gasteiger partial charge is 0.185 e. The fourth-order valence-electron chi connectivity index (χ4n) is 4.95. The first-order valence-corrected chi connectivity index (χ1v) is 11.4. The van der Waals surface area contributed by atoms with Gasteiger partial charge in [-0.15, -0.1) is 0 Å². The third kappa shape index (κ3) is 5.40. The third-order valence-electron chi connectivity index (χ3n) is 6.95. The van der Waals surface area contributed by atoms with Gasteiger partial charge in [0, 0.05) is 12.1 Å². The lowest BCUT2D eigenvalue weighted by atomic mass is 9.84. The number of rotatable bonds is 6. The molecule has 3 fully saturated rings. The molecule has 200 valence electrons. The molecule has 14 nitrogen and oxygen atoms in total. The van der Waals surface area contributed by atoms with Gasteiger partial charge in [-0.05, 0) is 27.3 Å². The quantitative estimate of drug-likeness (QED) is 0.165. The van der Waals surface area contributed by atoms with Crippen LogP contribution in [0.4, 0.5) is 0 Å². The van der Waals surface area contributed by atoms with Gasteiger partial charge in [-0.1, -0.05) is 0 Å². The Morgan fingerprint density at radius 3 is 2.03 bits per heavy atom. The zero-order chi connectivity index (χ0) is 25.5. The fourth-order valence-corrected chi connectivity index (χ4v) is 4.95. The second kappa shape index (κ2) is 10.8. The molecule has 0 spiro atoms. The van der Waals surface area contributed by atoms with E-state index in [-0.39, 0.29) is 13.0 Å². The molecule has 2 heterocycles. The van der Waals surface area contributed by atoms with Crippen LogP contribution in [0.3, 0.4) is 0 Å². The molecule has 0 bridgehead atoms. The summed E-state index contributed by atoms with van der Waals surface area (Å²) in [7, 11) is 1.58. The summed E-state index contributed by atoms with van der Waals surface area (Å²) in [5.74, 6) is 0. The maximum Gasteiger partial charge on any atom is 0.185 e. The molecular formula is C20H40N4O10. The molecule has 2 aliphatic heterocycles. The van der Waals surface area contributed by atoms with Gasteiger partial charge in [-0.3, -0.25) is 0 Å².